The first-order chi connectivity index (χ1) is 28.2. The Labute approximate surface area is 346 Å². The summed E-state index contributed by atoms with van der Waals surface area (Å²) >= 11 is 2.15. The summed E-state index contributed by atoms with van der Waals surface area (Å²) in [5, 5.41) is 8.45. The maximum atomic E-state index is 14.0. The summed E-state index contributed by atoms with van der Waals surface area (Å²) in [5.41, 5.74) is 12.8. The molecule has 3 atom stereocenters. The molecule has 0 spiro atoms. The lowest BCUT2D eigenvalue weighted by atomic mass is 10.0. The summed E-state index contributed by atoms with van der Waals surface area (Å²) in [6.07, 6.45) is 2.98. The van der Waals surface area contributed by atoms with Gasteiger partial charge in [-0.25, -0.2) is 14.2 Å². The Hall–Kier alpha value is -6.13. The number of hydrogen-bond donors (Lipinski definition) is 4. The second-order valence-electron chi connectivity index (χ2n) is 14.2. The number of benzene rings is 1. The third-order valence-electron chi connectivity index (χ3n) is 8.86. The summed E-state index contributed by atoms with van der Waals surface area (Å²) in [4.78, 5) is 80.9. The number of anilines is 1. The van der Waals surface area contributed by atoms with Crippen molar-refractivity contribution >= 4 is 75.1 Å². The second-order valence-corrected chi connectivity index (χ2v) is 16.1. The zero-order valence-corrected chi connectivity index (χ0v) is 34.5. The Balaban J connectivity index is 1.24. The lowest BCUT2D eigenvalue weighted by Crippen LogP contribution is -2.71. The number of β-lactam (4-membered cyclic amide) rings is 1. The molecular formula is C37H44N11O9S2+. The summed E-state index contributed by atoms with van der Waals surface area (Å²) in [6, 6.07) is 8.82. The summed E-state index contributed by atoms with van der Waals surface area (Å²) < 4.78 is 24.1. The number of ether oxygens (including phenoxy) is 3. The number of aryl methyl sites for hydroxylation is 1. The summed E-state index contributed by atoms with van der Waals surface area (Å²) in [7, 11) is 1.55. The molecule has 59 heavy (non-hydrogen) atoms. The van der Waals surface area contributed by atoms with E-state index in [2.05, 4.69) is 30.1 Å². The second kappa shape index (κ2) is 18.2. The molecule has 5 heterocycles. The highest BCUT2D eigenvalue weighted by Crippen LogP contribution is 2.41. The van der Waals surface area contributed by atoms with E-state index >= 15 is 0 Å². The molecule has 6 N–H and O–H groups in total. The van der Waals surface area contributed by atoms with Crippen molar-refractivity contribution in [3.63, 3.8) is 0 Å². The van der Waals surface area contributed by atoms with Gasteiger partial charge in [0.25, 0.3) is 11.8 Å². The molecule has 1 aromatic carbocycles. The Morgan fingerprint density at radius 3 is 2.61 bits per heavy atom. The van der Waals surface area contributed by atoms with Gasteiger partial charge < -0.3 is 40.4 Å². The minimum atomic E-state index is -1.07. The van der Waals surface area contributed by atoms with E-state index < -0.39 is 52.8 Å². The molecule has 4 amide bonds. The standard InChI is InChI=1S/C37H43N11O9S2/c1-6-56-44-25(29-42-35(59-45-29)43-36(53)57-37(2,3)4)31(50)41-26-32(51)48-27(34(52)55-17-20-9-11-22(54-5)12-10-20)21(18-58-33(26)48)16-46-14-7-8-24-30(46)40-19-47(24)15-13-23(38)28(39)49/h7-12,14,19,23,26,33H,6,13,15-18,38H2,1-5H3,(H3-,39,41,42,43,45,49,50,53)/p+1/b44-25-/t23-,26?,33?/m0/s1. The van der Waals surface area contributed by atoms with Crippen LogP contribution in [-0.4, -0.2) is 102 Å². The van der Waals surface area contributed by atoms with Gasteiger partial charge in [-0.15, -0.1) is 11.8 Å². The van der Waals surface area contributed by atoms with Crippen LogP contribution in [0.3, 0.4) is 0 Å². The first-order valence-corrected chi connectivity index (χ1v) is 20.2. The zero-order valence-electron chi connectivity index (χ0n) is 32.9. The molecule has 2 aliphatic heterocycles. The van der Waals surface area contributed by atoms with Crippen LogP contribution in [0.5, 0.6) is 5.75 Å². The molecule has 0 aliphatic carbocycles. The first-order valence-electron chi connectivity index (χ1n) is 18.4. The quantitative estimate of drug-likeness (QED) is 0.0410. The number of methoxy groups -OCH3 is 1. The van der Waals surface area contributed by atoms with Crippen LogP contribution in [0, 0.1) is 0 Å². The number of nitrogens with one attached hydrogen (secondary N) is 2. The number of amides is 4. The van der Waals surface area contributed by atoms with Crippen molar-refractivity contribution in [3.05, 3.63) is 71.6 Å². The minimum absolute atomic E-state index is 0.0445. The van der Waals surface area contributed by atoms with Crippen molar-refractivity contribution < 1.29 is 47.6 Å². The third kappa shape index (κ3) is 9.95. The van der Waals surface area contributed by atoms with Crippen LogP contribution in [-0.2, 0) is 53.2 Å². The van der Waals surface area contributed by atoms with Gasteiger partial charge in [-0.1, -0.05) is 17.3 Å². The highest BCUT2D eigenvalue weighted by Gasteiger charge is 2.55. The van der Waals surface area contributed by atoms with Crippen LogP contribution >= 0.6 is 23.3 Å². The molecule has 2 unspecified atom stereocenters. The van der Waals surface area contributed by atoms with E-state index in [4.69, 9.17) is 30.5 Å². The number of pyridine rings is 1. The summed E-state index contributed by atoms with van der Waals surface area (Å²) in [5.74, 6) is -1.92. The molecule has 2 aliphatic rings. The predicted molar refractivity (Wildman–Crippen MR) is 214 cm³/mol. The monoisotopic (exact) mass is 850 g/mol. The van der Waals surface area contributed by atoms with Gasteiger partial charge in [-0.3, -0.25) is 24.6 Å². The fourth-order valence-corrected chi connectivity index (χ4v) is 7.92. The Kier molecular flexibility index (Phi) is 13.1. The Bertz CT molecular complexity index is 2300. The number of nitrogens with zero attached hydrogens (tertiary/aromatic N) is 7. The number of aromatic nitrogens is 5. The van der Waals surface area contributed by atoms with Crippen molar-refractivity contribution in [1.82, 2.24) is 29.1 Å². The largest absolute Gasteiger partial charge is 0.497 e. The predicted octanol–water partition coefficient (Wildman–Crippen LogP) is 1.57. The van der Waals surface area contributed by atoms with Gasteiger partial charge in [-0.05, 0) is 68.9 Å². The minimum Gasteiger partial charge on any atom is -0.497 e. The van der Waals surface area contributed by atoms with Gasteiger partial charge in [0, 0.05) is 29.4 Å². The topological polar surface area (TPSA) is 261 Å². The number of thioether (sulfide) groups is 1. The van der Waals surface area contributed by atoms with Gasteiger partial charge in [0.15, 0.2) is 0 Å². The molecule has 0 radical (unpaired) electrons. The fraction of sp³-hybridized carbons (Fsp3) is 0.405. The number of nitrogens with two attached hydrogens (primary N) is 2. The Morgan fingerprint density at radius 2 is 1.92 bits per heavy atom. The molecule has 22 heteroatoms. The van der Waals surface area contributed by atoms with E-state index in [1.54, 1.807) is 71.6 Å². The first kappa shape index (κ1) is 42.5. The van der Waals surface area contributed by atoms with E-state index in [9.17, 15) is 24.0 Å². The van der Waals surface area contributed by atoms with E-state index in [1.807, 2.05) is 21.3 Å². The van der Waals surface area contributed by atoms with Gasteiger partial charge in [0.05, 0.1) is 19.3 Å². The highest BCUT2D eigenvalue weighted by molar-refractivity contribution is 8.00. The number of carbonyl (C=O) groups is 5. The van der Waals surface area contributed by atoms with Gasteiger partial charge in [0.2, 0.25) is 28.9 Å². The number of imidazole rings is 1. The van der Waals surface area contributed by atoms with Gasteiger partial charge >= 0.3 is 17.7 Å². The Morgan fingerprint density at radius 1 is 1.15 bits per heavy atom. The molecule has 3 aromatic heterocycles. The molecule has 6 rings (SSSR count). The van der Waals surface area contributed by atoms with Crippen molar-refractivity contribution in [3.8, 4) is 5.75 Å². The maximum absolute atomic E-state index is 14.0. The molecule has 0 saturated carbocycles. The average molecular weight is 851 g/mol. The van der Waals surface area contributed by atoms with Crippen molar-refractivity contribution in [2.24, 2.45) is 16.6 Å². The smallest absolute Gasteiger partial charge is 0.414 e. The molecule has 4 aromatic rings. The van der Waals surface area contributed by atoms with E-state index in [-0.39, 0.29) is 42.1 Å². The normalized spacial score (nSPS) is 17.2. The number of carbonyl (C=O) groups excluding carboxylic acids is 5. The van der Waals surface area contributed by atoms with Crippen LogP contribution in [0.4, 0.5) is 9.93 Å². The van der Waals surface area contributed by atoms with Crippen LogP contribution in [0.25, 0.3) is 11.2 Å². The molecule has 0 bridgehead atoms. The highest BCUT2D eigenvalue weighted by atomic mass is 32.2. The lowest BCUT2D eigenvalue weighted by Gasteiger charge is -2.49. The third-order valence-corrected chi connectivity index (χ3v) is 10.8. The van der Waals surface area contributed by atoms with Crippen molar-refractivity contribution in [2.45, 2.75) is 76.9 Å². The van der Waals surface area contributed by atoms with Crippen molar-refractivity contribution in [1.29, 1.82) is 0 Å². The van der Waals surface area contributed by atoms with Gasteiger partial charge in [-0.2, -0.15) is 9.36 Å². The number of fused-ring (bicyclic) bond motifs is 2. The fourth-order valence-electron chi connectivity index (χ4n) is 6.03. The van der Waals surface area contributed by atoms with Crippen molar-refractivity contribution in [2.75, 3.05) is 24.8 Å². The lowest BCUT2D eigenvalue weighted by molar-refractivity contribution is -0.664. The van der Waals surface area contributed by atoms with Crippen LogP contribution in [0.1, 0.15) is 45.5 Å². The average Bonchev–Trinajstić information content (AvgIpc) is 3.84. The summed E-state index contributed by atoms with van der Waals surface area (Å²) in [6.45, 7) is 7.39. The number of oxime groups is 1. The molecule has 20 nitrogen and oxygen atoms in total. The molecule has 1 fully saturated rings. The van der Waals surface area contributed by atoms with Gasteiger partial charge in [0.1, 0.15) is 53.7 Å². The van der Waals surface area contributed by atoms with E-state index in [0.29, 0.717) is 41.3 Å². The zero-order chi connectivity index (χ0) is 42.4. The maximum Gasteiger partial charge on any atom is 0.414 e. The molecular weight excluding hydrogens is 807 g/mol. The SMILES string of the molecule is CCO/N=C(\C(=O)NC1C(=O)N2C(C(=O)OCc3ccc(OC)cc3)=C(C[n+]3cccc4c3ncn4CC[C@H](N)C(N)=O)CSC12)c1nsc(NC(=O)OC(C)(C)C)n1. The number of primary amides is 1. The van der Waals surface area contributed by atoms with Crippen LogP contribution in [0.15, 0.2) is 65.3 Å². The van der Waals surface area contributed by atoms with Crippen LogP contribution in [0.2, 0.25) is 0 Å². The number of esters is 1. The number of hydrogen-bond acceptors (Lipinski definition) is 16. The molecule has 312 valence electrons. The van der Waals surface area contributed by atoms with Crippen LogP contribution < -0.4 is 31.4 Å². The van der Waals surface area contributed by atoms with E-state index in [1.165, 1.54) is 16.7 Å². The number of rotatable bonds is 16. The van der Waals surface area contributed by atoms with E-state index in [0.717, 1.165) is 17.0 Å². The molecule has 1 saturated heterocycles.